The fraction of sp³-hybridized carbons (Fsp3) is 0.719. The van der Waals surface area contributed by atoms with Gasteiger partial charge in [0.2, 0.25) is 0 Å². The van der Waals surface area contributed by atoms with Crippen LogP contribution in [0.1, 0.15) is 135 Å². The van der Waals surface area contributed by atoms with Crippen LogP contribution in [-0.4, -0.2) is 22.3 Å². The fourth-order valence-corrected chi connectivity index (χ4v) is 4.30. The van der Waals surface area contributed by atoms with Crippen LogP contribution in [0.5, 0.6) is 0 Å². The summed E-state index contributed by atoms with van der Waals surface area (Å²) in [5.41, 5.74) is 0. The summed E-state index contributed by atoms with van der Waals surface area (Å²) >= 11 is 0. The van der Waals surface area contributed by atoms with Crippen molar-refractivity contribution < 1.29 is 15.0 Å². The number of allylic oxidation sites excluding steroid dienone is 3. The van der Waals surface area contributed by atoms with Crippen LogP contribution >= 0.6 is 0 Å². The van der Waals surface area contributed by atoms with Gasteiger partial charge in [-0.05, 0) is 43.8 Å². The Bertz CT molecular complexity index is 644. The first-order valence-electron chi connectivity index (χ1n) is 14.3. The van der Waals surface area contributed by atoms with E-state index in [0.29, 0.717) is 0 Å². The maximum absolute atomic E-state index is 10.2. The second-order valence-corrected chi connectivity index (χ2v) is 9.93. The Labute approximate surface area is 216 Å². The van der Waals surface area contributed by atoms with Crippen molar-refractivity contribution in [3.8, 4) is 24.2 Å². The fourth-order valence-electron chi connectivity index (χ4n) is 4.30. The Balaban J connectivity index is 3.28. The maximum Gasteiger partial charge on any atom is 0.382 e. The van der Waals surface area contributed by atoms with Crippen molar-refractivity contribution in [2.75, 3.05) is 0 Å². The van der Waals surface area contributed by atoms with Gasteiger partial charge in [0.25, 0.3) is 0 Å². The molecule has 0 heterocycles. The van der Waals surface area contributed by atoms with Gasteiger partial charge in [0, 0.05) is 5.92 Å². The summed E-state index contributed by atoms with van der Waals surface area (Å²) in [6.45, 7) is 2.43. The lowest BCUT2D eigenvalue weighted by Gasteiger charge is -2.11. The molecule has 0 saturated carbocycles. The van der Waals surface area contributed by atoms with Crippen molar-refractivity contribution in [3.63, 3.8) is 0 Å². The van der Waals surface area contributed by atoms with Gasteiger partial charge in [-0.2, -0.15) is 0 Å². The molecule has 0 aliphatic heterocycles. The third-order valence-corrected chi connectivity index (χ3v) is 6.50. The third-order valence-electron chi connectivity index (χ3n) is 6.50. The number of carboxylic acid groups (broad SMARTS) is 1. The smallest absolute Gasteiger partial charge is 0.382 e. The molecule has 0 aromatic heterocycles. The minimum absolute atomic E-state index is 0.722. The molecule has 2 N–H and O–H groups in total. The molecule has 3 nitrogen and oxygen atoms in total. The minimum atomic E-state index is -1.07. The Morgan fingerprint density at radius 1 is 0.743 bits per heavy atom. The van der Waals surface area contributed by atoms with Crippen LogP contribution in [0.3, 0.4) is 0 Å². The largest absolute Gasteiger partial charge is 0.472 e. The third kappa shape index (κ3) is 28.2. The molecular weight excluding hydrogens is 432 g/mol. The molecule has 0 saturated heterocycles. The van der Waals surface area contributed by atoms with Crippen LogP contribution in [0.4, 0.5) is 0 Å². The number of carbonyl (C=O) groups is 1. The first-order valence-corrected chi connectivity index (χ1v) is 14.3. The van der Waals surface area contributed by atoms with Gasteiger partial charge in [0.15, 0.2) is 0 Å². The molecule has 0 aliphatic carbocycles. The van der Waals surface area contributed by atoms with E-state index in [2.05, 4.69) is 24.7 Å². The zero-order chi connectivity index (χ0) is 25.8. The molecule has 198 valence electrons. The van der Waals surface area contributed by atoms with Gasteiger partial charge in [-0.3, -0.25) is 0 Å². The van der Waals surface area contributed by atoms with E-state index < -0.39 is 12.1 Å². The summed E-state index contributed by atoms with van der Waals surface area (Å²) in [6, 6.07) is 0. The van der Waals surface area contributed by atoms with Gasteiger partial charge >= 0.3 is 5.97 Å². The Morgan fingerprint density at radius 2 is 1.17 bits per heavy atom. The second-order valence-electron chi connectivity index (χ2n) is 9.93. The molecule has 3 heteroatoms. The second kappa shape index (κ2) is 26.6. The van der Waals surface area contributed by atoms with Crippen LogP contribution in [0.25, 0.3) is 0 Å². The molecule has 0 radical (unpaired) electrons. The zero-order valence-electron chi connectivity index (χ0n) is 22.5. The van der Waals surface area contributed by atoms with E-state index in [4.69, 9.17) is 11.5 Å². The summed E-state index contributed by atoms with van der Waals surface area (Å²) in [7, 11) is 0. The summed E-state index contributed by atoms with van der Waals surface area (Å²) in [6.07, 6.45) is 37.8. The van der Waals surface area contributed by atoms with E-state index >= 15 is 0 Å². The van der Waals surface area contributed by atoms with E-state index in [1.165, 1.54) is 116 Å². The van der Waals surface area contributed by atoms with Gasteiger partial charge < -0.3 is 10.2 Å². The number of aliphatic hydroxyl groups excluding tert-OH is 1. The molecule has 0 fully saturated rings. The molecule has 0 amide bonds. The van der Waals surface area contributed by atoms with Gasteiger partial charge in [-0.15, -0.1) is 6.42 Å². The van der Waals surface area contributed by atoms with Crippen molar-refractivity contribution in [2.24, 2.45) is 5.92 Å². The lowest BCUT2D eigenvalue weighted by atomic mass is 9.95. The number of carboxylic acids is 1. The van der Waals surface area contributed by atoms with Crippen LogP contribution in [0.15, 0.2) is 24.3 Å². The van der Waals surface area contributed by atoms with E-state index in [1.54, 1.807) is 12.2 Å². The highest BCUT2D eigenvalue weighted by atomic mass is 16.4. The molecule has 1 unspecified atom stereocenters. The predicted molar refractivity (Wildman–Crippen MR) is 150 cm³/mol. The first-order chi connectivity index (χ1) is 17.1. The molecule has 0 rings (SSSR count). The average molecular weight is 485 g/mol. The van der Waals surface area contributed by atoms with Gasteiger partial charge in [0.1, 0.15) is 6.10 Å². The highest BCUT2D eigenvalue weighted by molar-refractivity contribution is 5.86. The summed E-state index contributed by atoms with van der Waals surface area (Å²) in [5, 5.41) is 17.6. The number of aliphatic carboxylic acids is 1. The number of hydrogen-bond acceptors (Lipinski definition) is 2. The number of aliphatic hydroxyl groups is 1. The van der Waals surface area contributed by atoms with Gasteiger partial charge in [-0.25, -0.2) is 4.79 Å². The molecule has 0 aliphatic rings. The highest BCUT2D eigenvalue weighted by Crippen LogP contribution is 2.19. The molecule has 35 heavy (non-hydrogen) atoms. The molecule has 0 aromatic carbocycles. The summed E-state index contributed by atoms with van der Waals surface area (Å²) in [5.74, 6) is 6.70. The first kappa shape index (κ1) is 33.0. The standard InChI is InChI=1S/C32H52O3/c1-3-31(33)28-24-20-16-13-12-15-19-23-27-30(2)26-22-18-14-10-8-6-4-5-7-9-11-17-21-25-29-32(34)35/h1,17,21,24,28,30-31,33H,4-16,18-20,22-23,26-27H2,2H3,(H,34,35)/b21-17-,28-24+/t30?,31-/m0/s1. The Morgan fingerprint density at radius 3 is 1.63 bits per heavy atom. The van der Waals surface area contributed by atoms with Gasteiger partial charge in [-0.1, -0.05) is 134 Å². The summed E-state index contributed by atoms with van der Waals surface area (Å²) in [4.78, 5) is 10.2. The number of unbranched alkanes of at least 4 members (excludes halogenated alkanes) is 16. The molecule has 2 atom stereocenters. The lowest BCUT2D eigenvalue weighted by molar-refractivity contribution is -0.130. The van der Waals surface area contributed by atoms with Crippen LogP contribution in [0, 0.1) is 30.1 Å². The van der Waals surface area contributed by atoms with Crippen molar-refractivity contribution >= 4 is 5.97 Å². The number of terminal acetylenes is 1. The minimum Gasteiger partial charge on any atom is -0.472 e. The number of hydrogen-bond donors (Lipinski definition) is 2. The van der Waals surface area contributed by atoms with Crippen LogP contribution < -0.4 is 0 Å². The van der Waals surface area contributed by atoms with E-state index in [0.717, 1.165) is 18.8 Å². The van der Waals surface area contributed by atoms with Crippen LogP contribution in [-0.2, 0) is 4.79 Å². The molecule has 0 aromatic rings. The molecule has 0 bridgehead atoms. The van der Waals surface area contributed by atoms with E-state index in [9.17, 15) is 9.90 Å². The van der Waals surface area contributed by atoms with E-state index in [-0.39, 0.29) is 0 Å². The average Bonchev–Trinajstić information content (AvgIpc) is 2.84. The van der Waals surface area contributed by atoms with Crippen LogP contribution in [0.2, 0.25) is 0 Å². The molecular formula is C32H52O3. The summed E-state index contributed by atoms with van der Waals surface area (Å²) < 4.78 is 0. The van der Waals surface area contributed by atoms with E-state index in [1.807, 2.05) is 12.2 Å². The van der Waals surface area contributed by atoms with Crippen molar-refractivity contribution in [1.82, 2.24) is 0 Å². The maximum atomic E-state index is 10.2. The molecule has 0 spiro atoms. The normalized spacial score (nSPS) is 12.9. The quantitative estimate of drug-likeness (QED) is 0.0867. The lowest BCUT2D eigenvalue weighted by Crippen LogP contribution is -1.95. The Hall–Kier alpha value is -1.97. The SMILES string of the molecule is C#C[C@H](O)/C=C/CCCCCCCCC(C)CCCCCCCCCCCC/C=C\C#CC(=O)O. The van der Waals surface area contributed by atoms with Crippen molar-refractivity contribution in [3.05, 3.63) is 24.3 Å². The van der Waals surface area contributed by atoms with Crippen molar-refractivity contribution in [1.29, 1.82) is 0 Å². The van der Waals surface area contributed by atoms with Crippen molar-refractivity contribution in [2.45, 2.75) is 141 Å². The number of rotatable bonds is 23. The van der Waals surface area contributed by atoms with Gasteiger partial charge in [0.05, 0.1) is 0 Å². The monoisotopic (exact) mass is 484 g/mol. The zero-order valence-corrected chi connectivity index (χ0v) is 22.5. The predicted octanol–water partition coefficient (Wildman–Crippen LogP) is 8.62. The highest BCUT2D eigenvalue weighted by Gasteiger charge is 2.02. The Kier molecular flexibility index (Phi) is 25.1. The topological polar surface area (TPSA) is 57.5 Å².